The number of nitro benzene ring substituents is 1. The zero-order valence-electron chi connectivity index (χ0n) is 9.26. The van der Waals surface area contributed by atoms with Crippen molar-refractivity contribution in [1.82, 2.24) is 0 Å². The van der Waals surface area contributed by atoms with Gasteiger partial charge in [0.1, 0.15) is 0 Å². The lowest BCUT2D eigenvalue weighted by molar-refractivity contribution is -0.385. The van der Waals surface area contributed by atoms with Crippen molar-refractivity contribution in [1.29, 1.82) is 0 Å². The van der Waals surface area contributed by atoms with Crippen molar-refractivity contribution in [3.8, 4) is 11.5 Å². The van der Waals surface area contributed by atoms with Crippen LogP contribution in [-0.2, 0) is 0 Å². The zero-order chi connectivity index (χ0) is 12.1. The summed E-state index contributed by atoms with van der Waals surface area (Å²) in [5.41, 5.74) is 0.448. The molecule has 0 radical (unpaired) electrons. The minimum absolute atomic E-state index is 0.112. The summed E-state index contributed by atoms with van der Waals surface area (Å²) in [6.45, 7) is 0. The fourth-order valence-electron chi connectivity index (χ4n) is 1.32. The molecule has 1 aromatic carbocycles. The van der Waals surface area contributed by atoms with Crippen molar-refractivity contribution < 1.29 is 14.4 Å². The molecule has 0 heterocycles. The van der Waals surface area contributed by atoms with Gasteiger partial charge in [0.2, 0.25) is 5.75 Å². The van der Waals surface area contributed by atoms with Gasteiger partial charge in [0.05, 0.1) is 19.1 Å². The number of aliphatic imine (C=N–C) groups is 1. The molecule has 0 aliphatic carbocycles. The molecule has 0 atom stereocenters. The van der Waals surface area contributed by atoms with E-state index in [4.69, 9.17) is 9.47 Å². The zero-order valence-corrected chi connectivity index (χ0v) is 9.26. The van der Waals surface area contributed by atoms with Crippen LogP contribution in [0, 0.1) is 10.1 Å². The molecule has 0 amide bonds. The van der Waals surface area contributed by atoms with E-state index < -0.39 is 4.92 Å². The maximum atomic E-state index is 10.8. The quantitative estimate of drug-likeness (QED) is 0.443. The molecular weight excluding hydrogens is 212 g/mol. The van der Waals surface area contributed by atoms with Crippen LogP contribution in [0.1, 0.15) is 5.56 Å². The second kappa shape index (κ2) is 5.11. The normalized spacial score (nSPS) is 10.4. The van der Waals surface area contributed by atoms with Crippen LogP contribution in [0.3, 0.4) is 0 Å². The van der Waals surface area contributed by atoms with Gasteiger partial charge < -0.3 is 9.47 Å². The Morgan fingerprint density at radius 2 is 2.06 bits per heavy atom. The Balaban J connectivity index is 3.43. The minimum atomic E-state index is -0.519. The van der Waals surface area contributed by atoms with E-state index in [0.29, 0.717) is 11.3 Å². The summed E-state index contributed by atoms with van der Waals surface area (Å²) in [5, 5.41) is 10.8. The molecule has 0 unspecified atom stereocenters. The van der Waals surface area contributed by atoms with Crippen LogP contribution >= 0.6 is 0 Å². The van der Waals surface area contributed by atoms with Crippen LogP contribution in [0.4, 0.5) is 5.69 Å². The van der Waals surface area contributed by atoms with E-state index in [1.54, 1.807) is 13.1 Å². The molecule has 1 aromatic rings. The van der Waals surface area contributed by atoms with Crippen molar-refractivity contribution >= 4 is 11.9 Å². The van der Waals surface area contributed by atoms with Crippen molar-refractivity contribution in [2.75, 3.05) is 21.3 Å². The Morgan fingerprint density at radius 1 is 1.38 bits per heavy atom. The Labute approximate surface area is 92.7 Å². The first-order valence-electron chi connectivity index (χ1n) is 4.46. The second-order valence-electron chi connectivity index (χ2n) is 2.92. The average molecular weight is 224 g/mol. The first kappa shape index (κ1) is 12.0. The van der Waals surface area contributed by atoms with Crippen molar-refractivity contribution in [2.45, 2.75) is 0 Å². The van der Waals surface area contributed by atoms with Crippen molar-refractivity contribution in [3.05, 3.63) is 27.8 Å². The van der Waals surface area contributed by atoms with Gasteiger partial charge in [-0.3, -0.25) is 15.1 Å². The van der Waals surface area contributed by atoms with E-state index in [1.165, 1.54) is 26.5 Å². The van der Waals surface area contributed by atoms with Crippen molar-refractivity contribution in [2.24, 2.45) is 4.99 Å². The number of hydrogen-bond acceptors (Lipinski definition) is 5. The Bertz CT molecular complexity index is 429. The summed E-state index contributed by atoms with van der Waals surface area (Å²) in [6, 6.07) is 3.01. The summed E-state index contributed by atoms with van der Waals surface area (Å²) in [6.07, 6.45) is 1.51. The van der Waals surface area contributed by atoms with E-state index in [2.05, 4.69) is 4.99 Å². The third-order valence-corrected chi connectivity index (χ3v) is 1.96. The van der Waals surface area contributed by atoms with Gasteiger partial charge >= 0.3 is 5.69 Å². The number of nitro groups is 1. The van der Waals surface area contributed by atoms with Crippen LogP contribution in [0.15, 0.2) is 17.1 Å². The van der Waals surface area contributed by atoms with Crippen molar-refractivity contribution in [3.63, 3.8) is 0 Å². The summed E-state index contributed by atoms with van der Waals surface area (Å²) in [4.78, 5) is 14.1. The van der Waals surface area contributed by atoms with Crippen LogP contribution in [0.2, 0.25) is 0 Å². The lowest BCUT2D eigenvalue weighted by atomic mass is 10.2. The number of ether oxygens (including phenoxy) is 2. The molecular formula is C10H12N2O4. The summed E-state index contributed by atoms with van der Waals surface area (Å²) < 4.78 is 9.97. The molecule has 6 heteroatoms. The van der Waals surface area contributed by atoms with Gasteiger partial charge in [-0.15, -0.1) is 0 Å². The molecule has 6 nitrogen and oxygen atoms in total. The Morgan fingerprint density at radius 3 is 2.50 bits per heavy atom. The van der Waals surface area contributed by atoms with E-state index in [0.717, 1.165) is 0 Å². The van der Waals surface area contributed by atoms with Crippen LogP contribution < -0.4 is 9.47 Å². The standard InChI is InChI=1S/C10H12N2O4/c1-11-6-7-4-8(12(13)14)10(16-3)9(5-7)15-2/h4-6H,1-3H3. The van der Waals surface area contributed by atoms with Crippen LogP contribution in [0.25, 0.3) is 0 Å². The van der Waals surface area contributed by atoms with Gasteiger partial charge in [-0.25, -0.2) is 0 Å². The first-order valence-corrected chi connectivity index (χ1v) is 4.46. The lowest BCUT2D eigenvalue weighted by Crippen LogP contribution is -1.98. The predicted molar refractivity (Wildman–Crippen MR) is 59.7 cm³/mol. The molecule has 0 aliphatic heterocycles. The first-order chi connectivity index (χ1) is 7.63. The molecule has 0 aliphatic rings. The monoisotopic (exact) mass is 224 g/mol. The van der Waals surface area contributed by atoms with Crippen LogP contribution in [-0.4, -0.2) is 32.4 Å². The van der Waals surface area contributed by atoms with Crippen LogP contribution in [0.5, 0.6) is 11.5 Å². The molecule has 0 N–H and O–H groups in total. The summed E-state index contributed by atoms with van der Waals surface area (Å²) in [7, 11) is 4.37. The highest BCUT2D eigenvalue weighted by molar-refractivity contribution is 5.83. The van der Waals surface area contributed by atoms with Gasteiger partial charge in [-0.05, 0) is 6.07 Å². The Hall–Kier alpha value is -2.11. The molecule has 0 fully saturated rings. The third kappa shape index (κ3) is 2.28. The molecule has 1 rings (SSSR count). The number of methoxy groups -OCH3 is 2. The third-order valence-electron chi connectivity index (χ3n) is 1.96. The van der Waals surface area contributed by atoms with Gasteiger partial charge in [0.15, 0.2) is 5.75 Å². The summed E-state index contributed by atoms with van der Waals surface area (Å²) in [5.74, 6) is 0.423. The highest BCUT2D eigenvalue weighted by Crippen LogP contribution is 2.37. The fraction of sp³-hybridized carbons (Fsp3) is 0.300. The van der Waals surface area contributed by atoms with Gasteiger partial charge in [0.25, 0.3) is 0 Å². The van der Waals surface area contributed by atoms with Gasteiger partial charge in [-0.1, -0.05) is 0 Å². The van der Waals surface area contributed by atoms with E-state index >= 15 is 0 Å². The molecule has 0 spiro atoms. The molecule has 86 valence electrons. The van der Waals surface area contributed by atoms with Gasteiger partial charge in [-0.2, -0.15) is 0 Å². The molecule has 0 saturated heterocycles. The highest BCUT2D eigenvalue weighted by Gasteiger charge is 2.20. The van der Waals surface area contributed by atoms with E-state index in [-0.39, 0.29) is 11.4 Å². The molecule has 16 heavy (non-hydrogen) atoms. The van der Waals surface area contributed by atoms with Gasteiger partial charge in [0, 0.05) is 24.9 Å². The highest BCUT2D eigenvalue weighted by atomic mass is 16.6. The Kier molecular flexibility index (Phi) is 3.82. The number of hydrogen-bond donors (Lipinski definition) is 0. The molecule has 0 aromatic heterocycles. The number of benzene rings is 1. The lowest BCUT2D eigenvalue weighted by Gasteiger charge is -2.08. The molecule has 0 bridgehead atoms. The second-order valence-corrected chi connectivity index (χ2v) is 2.92. The SMILES string of the molecule is CN=Cc1cc(OC)c(OC)c([N+](=O)[O-])c1. The smallest absolute Gasteiger partial charge is 0.315 e. The summed E-state index contributed by atoms with van der Waals surface area (Å²) >= 11 is 0. The number of rotatable bonds is 4. The van der Waals surface area contributed by atoms with E-state index in [9.17, 15) is 10.1 Å². The fourth-order valence-corrected chi connectivity index (χ4v) is 1.32. The minimum Gasteiger partial charge on any atom is -0.493 e. The topological polar surface area (TPSA) is 74.0 Å². The number of nitrogens with zero attached hydrogens (tertiary/aromatic N) is 2. The predicted octanol–water partition coefficient (Wildman–Crippen LogP) is 1.66. The largest absolute Gasteiger partial charge is 0.493 e. The van der Waals surface area contributed by atoms with E-state index in [1.807, 2.05) is 0 Å². The maximum Gasteiger partial charge on any atom is 0.315 e. The molecule has 0 saturated carbocycles. The average Bonchev–Trinajstić information content (AvgIpc) is 2.28. The maximum absolute atomic E-state index is 10.8.